The Balaban J connectivity index is 1.65. The summed E-state index contributed by atoms with van der Waals surface area (Å²) in [5, 5.41) is 3.64. The molecule has 2 nitrogen and oxygen atoms in total. The van der Waals surface area contributed by atoms with Crippen LogP contribution in [0.4, 0.5) is 0 Å². The molecule has 1 aliphatic carbocycles. The molecule has 1 saturated carbocycles. The van der Waals surface area contributed by atoms with E-state index in [1.807, 2.05) is 6.26 Å². The van der Waals surface area contributed by atoms with Crippen molar-refractivity contribution in [3.63, 3.8) is 0 Å². The van der Waals surface area contributed by atoms with Crippen LogP contribution in [0, 0.1) is 5.92 Å². The van der Waals surface area contributed by atoms with Crippen LogP contribution in [-0.4, -0.2) is 18.7 Å². The quantitative estimate of drug-likeness (QED) is 0.768. The predicted octanol–water partition coefficient (Wildman–Crippen LogP) is 2.85. The number of hydrogen-bond donors (Lipinski definition) is 1. The van der Waals surface area contributed by atoms with Crippen LogP contribution in [0.25, 0.3) is 0 Å². The van der Waals surface area contributed by atoms with Crippen LogP contribution in [0.3, 0.4) is 0 Å². The zero-order chi connectivity index (χ0) is 10.5. The first-order valence-electron chi connectivity index (χ1n) is 6.40. The van der Waals surface area contributed by atoms with Crippen LogP contribution < -0.4 is 5.32 Å². The van der Waals surface area contributed by atoms with Gasteiger partial charge in [-0.05, 0) is 44.6 Å². The van der Waals surface area contributed by atoms with E-state index in [9.17, 15) is 0 Å². The molecule has 1 heterocycles. The maximum atomic E-state index is 5.55. The van der Waals surface area contributed by atoms with Crippen molar-refractivity contribution in [2.24, 2.45) is 5.92 Å². The third-order valence-corrected chi connectivity index (χ3v) is 3.80. The van der Waals surface area contributed by atoms with Gasteiger partial charge in [-0.2, -0.15) is 0 Å². The van der Waals surface area contributed by atoms with Gasteiger partial charge >= 0.3 is 0 Å². The molecule has 0 aromatic heterocycles. The highest BCUT2D eigenvalue weighted by molar-refractivity contribution is 4.84. The Kier molecular flexibility index (Phi) is 4.07. The Morgan fingerprint density at radius 1 is 1.33 bits per heavy atom. The van der Waals surface area contributed by atoms with E-state index in [0.717, 1.165) is 12.5 Å². The summed E-state index contributed by atoms with van der Waals surface area (Å²) in [4.78, 5) is 0. The summed E-state index contributed by atoms with van der Waals surface area (Å²) in [6.07, 6.45) is 12.4. The molecule has 15 heavy (non-hydrogen) atoms. The van der Waals surface area contributed by atoms with Crippen molar-refractivity contribution in [1.82, 2.24) is 5.32 Å². The van der Waals surface area contributed by atoms with Gasteiger partial charge in [-0.1, -0.05) is 12.8 Å². The van der Waals surface area contributed by atoms with Crippen LogP contribution in [0.1, 0.15) is 45.4 Å². The van der Waals surface area contributed by atoms with E-state index in [4.69, 9.17) is 4.74 Å². The van der Waals surface area contributed by atoms with Crippen LogP contribution in [-0.2, 0) is 4.74 Å². The summed E-state index contributed by atoms with van der Waals surface area (Å²) in [7, 11) is 0. The zero-order valence-corrected chi connectivity index (χ0v) is 9.74. The first kappa shape index (κ1) is 11.0. The standard InChI is InChI=1S/C13H23NO/c1-11(12-6-2-3-7-12)14-10-13-8-4-5-9-15-13/h5,9,11-14H,2-4,6-8,10H2,1H3. The fraction of sp³-hybridized carbons (Fsp3) is 0.846. The van der Waals surface area contributed by atoms with E-state index in [0.29, 0.717) is 12.1 Å². The van der Waals surface area contributed by atoms with Crippen LogP contribution in [0.5, 0.6) is 0 Å². The maximum absolute atomic E-state index is 5.55. The fourth-order valence-corrected chi connectivity index (χ4v) is 2.68. The van der Waals surface area contributed by atoms with Gasteiger partial charge in [-0.15, -0.1) is 0 Å². The van der Waals surface area contributed by atoms with Gasteiger partial charge in [0, 0.05) is 12.6 Å². The van der Waals surface area contributed by atoms with Gasteiger partial charge in [0.2, 0.25) is 0 Å². The van der Waals surface area contributed by atoms with Gasteiger partial charge in [0.15, 0.2) is 0 Å². The Bertz CT molecular complexity index is 209. The Labute approximate surface area is 93.1 Å². The van der Waals surface area contributed by atoms with Gasteiger partial charge in [-0.3, -0.25) is 0 Å². The molecule has 1 N–H and O–H groups in total. The van der Waals surface area contributed by atoms with Crippen molar-refractivity contribution in [3.8, 4) is 0 Å². The molecular weight excluding hydrogens is 186 g/mol. The maximum Gasteiger partial charge on any atom is 0.110 e. The van der Waals surface area contributed by atoms with Crippen molar-refractivity contribution >= 4 is 0 Å². The first-order valence-corrected chi connectivity index (χ1v) is 6.40. The molecule has 2 heteroatoms. The van der Waals surface area contributed by atoms with Gasteiger partial charge in [0.25, 0.3) is 0 Å². The molecule has 0 amide bonds. The molecule has 2 rings (SSSR count). The smallest absolute Gasteiger partial charge is 0.110 e. The lowest BCUT2D eigenvalue weighted by molar-refractivity contribution is 0.117. The molecule has 1 fully saturated rings. The van der Waals surface area contributed by atoms with Crippen LogP contribution in [0.15, 0.2) is 12.3 Å². The summed E-state index contributed by atoms with van der Waals surface area (Å²) >= 11 is 0. The lowest BCUT2D eigenvalue weighted by Crippen LogP contribution is -2.38. The molecular formula is C13H23NO. The lowest BCUT2D eigenvalue weighted by atomic mass is 9.99. The fourth-order valence-electron chi connectivity index (χ4n) is 2.68. The second kappa shape index (κ2) is 5.55. The third kappa shape index (κ3) is 3.23. The summed E-state index contributed by atoms with van der Waals surface area (Å²) in [5.74, 6) is 0.907. The SMILES string of the molecule is CC(NCC1CCC=CO1)C1CCCC1. The second-order valence-electron chi connectivity index (χ2n) is 4.95. The van der Waals surface area contributed by atoms with Gasteiger partial charge in [0.05, 0.1) is 6.26 Å². The molecule has 1 aliphatic heterocycles. The molecule has 0 bridgehead atoms. The molecule has 0 radical (unpaired) electrons. The number of ether oxygens (including phenoxy) is 1. The summed E-state index contributed by atoms with van der Waals surface area (Å²) < 4.78 is 5.55. The Morgan fingerprint density at radius 3 is 2.80 bits per heavy atom. The second-order valence-corrected chi connectivity index (χ2v) is 4.95. The number of hydrogen-bond acceptors (Lipinski definition) is 2. The third-order valence-electron chi connectivity index (χ3n) is 3.80. The van der Waals surface area contributed by atoms with Crippen molar-refractivity contribution in [2.75, 3.05) is 6.54 Å². The zero-order valence-electron chi connectivity index (χ0n) is 9.74. The molecule has 0 aromatic rings. The lowest BCUT2D eigenvalue weighted by Gasteiger charge is -2.25. The van der Waals surface area contributed by atoms with E-state index in [1.165, 1.54) is 38.5 Å². The minimum absolute atomic E-state index is 0.402. The predicted molar refractivity (Wildman–Crippen MR) is 62.7 cm³/mol. The molecule has 2 atom stereocenters. The van der Waals surface area contributed by atoms with E-state index in [1.54, 1.807) is 0 Å². The van der Waals surface area contributed by atoms with Gasteiger partial charge < -0.3 is 10.1 Å². The van der Waals surface area contributed by atoms with E-state index < -0.39 is 0 Å². The van der Waals surface area contributed by atoms with E-state index >= 15 is 0 Å². The average Bonchev–Trinajstić information content (AvgIpc) is 2.81. The van der Waals surface area contributed by atoms with Crippen molar-refractivity contribution in [2.45, 2.75) is 57.6 Å². The number of allylic oxidation sites excluding steroid dienone is 1. The molecule has 0 spiro atoms. The van der Waals surface area contributed by atoms with Crippen molar-refractivity contribution in [3.05, 3.63) is 12.3 Å². The van der Waals surface area contributed by atoms with Crippen LogP contribution in [0.2, 0.25) is 0 Å². The topological polar surface area (TPSA) is 21.3 Å². The number of rotatable bonds is 4. The normalized spacial score (nSPS) is 29.0. The highest BCUT2D eigenvalue weighted by Gasteiger charge is 2.22. The highest BCUT2D eigenvalue weighted by atomic mass is 16.5. The van der Waals surface area contributed by atoms with Crippen LogP contribution >= 0.6 is 0 Å². The molecule has 0 aromatic carbocycles. The van der Waals surface area contributed by atoms with Crippen molar-refractivity contribution in [1.29, 1.82) is 0 Å². The van der Waals surface area contributed by atoms with Gasteiger partial charge in [0.1, 0.15) is 6.10 Å². The Hall–Kier alpha value is -0.500. The molecule has 2 aliphatic rings. The molecule has 0 saturated heterocycles. The average molecular weight is 209 g/mol. The van der Waals surface area contributed by atoms with E-state index in [2.05, 4.69) is 18.3 Å². The molecule has 86 valence electrons. The highest BCUT2D eigenvalue weighted by Crippen LogP contribution is 2.27. The monoisotopic (exact) mass is 209 g/mol. The summed E-state index contributed by atoms with van der Waals surface area (Å²) in [5.41, 5.74) is 0. The largest absolute Gasteiger partial charge is 0.497 e. The summed E-state index contributed by atoms with van der Waals surface area (Å²) in [6, 6.07) is 0.669. The van der Waals surface area contributed by atoms with Gasteiger partial charge in [-0.25, -0.2) is 0 Å². The molecule has 2 unspecified atom stereocenters. The minimum atomic E-state index is 0.402. The minimum Gasteiger partial charge on any atom is -0.497 e. The first-order chi connectivity index (χ1) is 7.36. The summed E-state index contributed by atoms with van der Waals surface area (Å²) in [6.45, 7) is 3.34. The Morgan fingerprint density at radius 2 is 2.13 bits per heavy atom. The number of nitrogens with one attached hydrogen (secondary N) is 1. The van der Waals surface area contributed by atoms with E-state index in [-0.39, 0.29) is 0 Å². The van der Waals surface area contributed by atoms with Crippen molar-refractivity contribution < 1.29 is 4.74 Å².